The van der Waals surface area contributed by atoms with Crippen molar-refractivity contribution in [2.24, 2.45) is 4.99 Å². The molecule has 0 spiro atoms. The van der Waals surface area contributed by atoms with Gasteiger partial charge in [-0.3, -0.25) is 9.79 Å². The maximum atomic E-state index is 13.1. The molecule has 8 nitrogen and oxygen atoms in total. The van der Waals surface area contributed by atoms with Crippen LogP contribution in [-0.2, 0) is 0 Å². The number of alkyl halides is 3. The molecule has 3 N–H and O–H groups in total. The van der Waals surface area contributed by atoms with Crippen molar-refractivity contribution in [2.45, 2.75) is 25.2 Å². The second kappa shape index (κ2) is 8.89. The first kappa shape index (κ1) is 21.2. The molecule has 1 saturated carbocycles. The van der Waals surface area contributed by atoms with Gasteiger partial charge in [-0.2, -0.15) is 8.78 Å². The third kappa shape index (κ3) is 4.91. The lowest BCUT2D eigenvalue weighted by Gasteiger charge is -2.16. The Kier molecular flexibility index (Phi) is 6.28. The van der Waals surface area contributed by atoms with E-state index in [2.05, 4.69) is 25.0 Å². The van der Waals surface area contributed by atoms with Gasteiger partial charge in [0.1, 0.15) is 34.8 Å². The summed E-state index contributed by atoms with van der Waals surface area (Å²) in [6.07, 6.45) is 2.94. The van der Waals surface area contributed by atoms with Crippen LogP contribution in [0.25, 0.3) is 17.3 Å². The fraction of sp³-hybridized carbons (Fsp3) is 0.316. The normalized spacial score (nSPS) is 18.7. The van der Waals surface area contributed by atoms with Crippen molar-refractivity contribution in [3.8, 4) is 22.8 Å². The van der Waals surface area contributed by atoms with Crippen LogP contribution in [0.3, 0.4) is 0 Å². The van der Waals surface area contributed by atoms with E-state index in [9.17, 15) is 23.1 Å². The quantitative estimate of drug-likeness (QED) is 0.446. The van der Waals surface area contributed by atoms with Gasteiger partial charge in [-0.25, -0.2) is 9.37 Å². The second-order valence-electron chi connectivity index (χ2n) is 6.40. The number of hydrogen-bond acceptors (Lipinski definition) is 6. The molecule has 160 valence electrons. The molecule has 1 heterocycles. The molecule has 30 heavy (non-hydrogen) atoms. The third-order valence-electron chi connectivity index (χ3n) is 4.21. The van der Waals surface area contributed by atoms with Crippen LogP contribution in [0.5, 0.6) is 11.5 Å². The van der Waals surface area contributed by atoms with Crippen molar-refractivity contribution in [3.05, 3.63) is 35.5 Å². The molecule has 0 bridgehead atoms. The lowest BCUT2D eigenvalue weighted by molar-refractivity contribution is -0.0502. The van der Waals surface area contributed by atoms with Gasteiger partial charge in [0, 0.05) is 25.1 Å². The van der Waals surface area contributed by atoms with Gasteiger partial charge in [0.25, 0.3) is 5.91 Å². The molecule has 2 atom stereocenters. The number of aliphatic hydroxyl groups is 1. The Bertz CT molecular complexity index is 990. The van der Waals surface area contributed by atoms with Crippen LogP contribution in [-0.4, -0.2) is 60.2 Å². The van der Waals surface area contributed by atoms with Crippen molar-refractivity contribution in [1.29, 1.82) is 0 Å². The van der Waals surface area contributed by atoms with Crippen LogP contribution in [0.15, 0.2) is 29.1 Å². The molecule has 1 aromatic heterocycles. The maximum Gasteiger partial charge on any atom is 0.387 e. The predicted octanol–water partition coefficient (Wildman–Crippen LogP) is 3.13. The highest BCUT2D eigenvalue weighted by atomic mass is 19.3. The van der Waals surface area contributed by atoms with Crippen molar-refractivity contribution >= 4 is 18.2 Å². The summed E-state index contributed by atoms with van der Waals surface area (Å²) in [6, 6.07) is 1.99. The fourth-order valence-electron chi connectivity index (χ4n) is 2.74. The number of aromatic nitrogens is 2. The Balaban J connectivity index is 1.99. The zero-order valence-electron chi connectivity index (χ0n) is 16.0. The number of carbonyl (C=O) groups excluding carboxylic acids is 1. The minimum atomic E-state index is -3.20. The number of aromatic amines is 1. The first-order valence-corrected chi connectivity index (χ1v) is 8.82. The van der Waals surface area contributed by atoms with E-state index in [-0.39, 0.29) is 29.3 Å². The number of halogens is 3. The number of hydrogen-bond donors (Lipinski definition) is 3. The number of carbonyl (C=O) groups is 1. The summed E-state index contributed by atoms with van der Waals surface area (Å²) in [4.78, 5) is 23.1. The molecule has 1 aliphatic rings. The number of ether oxygens (including phenoxy) is 2. The molecule has 2 aromatic rings. The number of methoxy groups -OCH3 is 1. The largest absolute Gasteiger partial charge is 0.506 e. The van der Waals surface area contributed by atoms with Gasteiger partial charge in [0.15, 0.2) is 0 Å². The monoisotopic (exact) mass is 424 g/mol. The van der Waals surface area contributed by atoms with E-state index in [1.54, 1.807) is 0 Å². The summed E-state index contributed by atoms with van der Waals surface area (Å²) in [5, 5.41) is 12.1. The molecular weight excluding hydrogens is 405 g/mol. The predicted molar refractivity (Wildman–Crippen MR) is 103 cm³/mol. The van der Waals surface area contributed by atoms with Crippen molar-refractivity contribution in [1.82, 2.24) is 15.3 Å². The minimum absolute atomic E-state index is 0.0376. The van der Waals surface area contributed by atoms with Crippen molar-refractivity contribution in [3.63, 3.8) is 0 Å². The van der Waals surface area contributed by atoms with Crippen LogP contribution in [0.1, 0.15) is 22.6 Å². The van der Waals surface area contributed by atoms with E-state index in [0.29, 0.717) is 11.3 Å². The standard InChI is InChI=1S/C19H19F3N4O4/c1-23-7-10(27)5-16-24-8-13(25-16)9-3-14(29-2)17(15(4-9)30-19(21)22)18(28)26-12-6-11(12)20/h3-5,7-8,11-12,19,27H,6H2,1-2H3,(H,24,25)(H,26,28)/b10-5+,23-7?/t11-,12+/m0/s1. The number of nitrogens with zero attached hydrogens (tertiary/aromatic N) is 2. The smallest absolute Gasteiger partial charge is 0.387 e. The minimum Gasteiger partial charge on any atom is -0.506 e. The summed E-state index contributed by atoms with van der Waals surface area (Å²) in [7, 11) is 2.75. The molecule has 1 amide bonds. The lowest BCUT2D eigenvalue weighted by atomic mass is 10.1. The zero-order valence-corrected chi connectivity index (χ0v) is 16.0. The van der Waals surface area contributed by atoms with E-state index in [0.717, 1.165) is 0 Å². The van der Waals surface area contributed by atoms with Crippen LogP contribution in [0.2, 0.25) is 0 Å². The SMILES string of the molecule is CN=C/C(O)=C\c1ncc(-c2cc(OC)c(C(=O)N[C@@H]3C[C@@H]3F)c(OC(F)F)c2)[nH]1. The second-order valence-corrected chi connectivity index (χ2v) is 6.40. The lowest BCUT2D eigenvalue weighted by Crippen LogP contribution is -2.28. The third-order valence-corrected chi connectivity index (χ3v) is 4.21. The first-order valence-electron chi connectivity index (χ1n) is 8.82. The Labute approximate surface area is 169 Å². The van der Waals surface area contributed by atoms with Gasteiger partial charge in [0.05, 0.1) is 31.3 Å². The number of aliphatic imine (C=N–C) groups is 1. The number of amides is 1. The van der Waals surface area contributed by atoms with Gasteiger partial charge in [-0.15, -0.1) is 0 Å². The number of nitrogens with one attached hydrogen (secondary N) is 2. The van der Waals surface area contributed by atoms with Gasteiger partial charge >= 0.3 is 6.61 Å². The first-order chi connectivity index (χ1) is 14.3. The van der Waals surface area contributed by atoms with E-state index >= 15 is 0 Å². The molecule has 0 unspecified atom stereocenters. The summed E-state index contributed by atoms with van der Waals surface area (Å²) >= 11 is 0. The molecule has 0 radical (unpaired) electrons. The number of H-pyrrole nitrogens is 1. The van der Waals surface area contributed by atoms with E-state index in [1.165, 1.54) is 44.8 Å². The molecule has 3 rings (SSSR count). The van der Waals surface area contributed by atoms with Gasteiger partial charge in [-0.1, -0.05) is 0 Å². The summed E-state index contributed by atoms with van der Waals surface area (Å²) in [5.74, 6) is -1.11. The summed E-state index contributed by atoms with van der Waals surface area (Å²) < 4.78 is 48.8. The van der Waals surface area contributed by atoms with E-state index in [1.807, 2.05) is 0 Å². The molecule has 0 saturated heterocycles. The molecule has 11 heteroatoms. The highest BCUT2D eigenvalue weighted by molar-refractivity contribution is 6.01. The van der Waals surface area contributed by atoms with Crippen LogP contribution in [0, 0.1) is 0 Å². The maximum absolute atomic E-state index is 13.1. The molecule has 1 aliphatic carbocycles. The average Bonchev–Trinajstić information content (AvgIpc) is 3.17. The van der Waals surface area contributed by atoms with E-state index < -0.39 is 30.5 Å². The number of aliphatic hydroxyl groups excluding tert-OH is 1. The Morgan fingerprint density at radius 3 is 2.73 bits per heavy atom. The molecule has 1 aromatic carbocycles. The van der Waals surface area contributed by atoms with Crippen LogP contribution >= 0.6 is 0 Å². The van der Waals surface area contributed by atoms with Gasteiger partial charge in [0.2, 0.25) is 0 Å². The highest BCUT2D eigenvalue weighted by Gasteiger charge is 2.39. The Morgan fingerprint density at radius 2 is 2.13 bits per heavy atom. The van der Waals surface area contributed by atoms with Crippen LogP contribution < -0.4 is 14.8 Å². The summed E-state index contributed by atoms with van der Waals surface area (Å²) in [6.45, 7) is -3.20. The van der Waals surface area contributed by atoms with Crippen molar-refractivity contribution in [2.75, 3.05) is 14.2 Å². The number of imidazole rings is 1. The number of benzene rings is 1. The number of rotatable bonds is 8. The van der Waals surface area contributed by atoms with Crippen molar-refractivity contribution < 1.29 is 32.5 Å². The van der Waals surface area contributed by atoms with Gasteiger partial charge in [-0.05, 0) is 12.1 Å². The molecule has 0 aliphatic heterocycles. The average molecular weight is 424 g/mol. The van der Waals surface area contributed by atoms with E-state index in [4.69, 9.17) is 4.74 Å². The fourth-order valence-corrected chi connectivity index (χ4v) is 2.74. The molecular formula is C19H19F3N4O4. The highest BCUT2D eigenvalue weighted by Crippen LogP contribution is 2.36. The Morgan fingerprint density at radius 1 is 1.43 bits per heavy atom. The molecule has 1 fully saturated rings. The van der Waals surface area contributed by atoms with Crippen LogP contribution in [0.4, 0.5) is 13.2 Å². The van der Waals surface area contributed by atoms with Gasteiger partial charge < -0.3 is 24.9 Å². The number of allylic oxidation sites excluding steroid dienone is 1. The Hall–Kier alpha value is -3.50. The topological polar surface area (TPSA) is 109 Å². The zero-order chi connectivity index (χ0) is 21.8. The summed E-state index contributed by atoms with van der Waals surface area (Å²) in [5.41, 5.74) is 0.458.